The number of benzene rings is 1. The number of fused-ring (bicyclic) bond motifs is 1. The molecule has 1 N–H and O–H groups in total. The van der Waals surface area contributed by atoms with Gasteiger partial charge in [-0.05, 0) is 17.7 Å². The number of hydrogen-bond acceptors (Lipinski definition) is 5. The average molecular weight is 380 g/mol. The van der Waals surface area contributed by atoms with Crippen LogP contribution in [-0.2, 0) is 16.8 Å². The first-order valence-electron chi connectivity index (χ1n) is 7.79. The average Bonchev–Trinajstić information content (AvgIpc) is 3.04. The summed E-state index contributed by atoms with van der Waals surface area (Å²) >= 11 is 12.2. The number of rotatable bonds is 6. The molecule has 0 radical (unpaired) electrons. The number of hydrogen-bond donors (Lipinski definition) is 1. The molecule has 0 fully saturated rings. The van der Waals surface area contributed by atoms with Crippen molar-refractivity contribution in [3.8, 4) is 0 Å². The van der Waals surface area contributed by atoms with Crippen LogP contribution < -0.4 is 5.32 Å². The Labute approximate surface area is 156 Å². The van der Waals surface area contributed by atoms with Crippen molar-refractivity contribution in [1.82, 2.24) is 19.6 Å². The highest BCUT2D eigenvalue weighted by molar-refractivity contribution is 6.42. The lowest BCUT2D eigenvalue weighted by molar-refractivity contribution is 0.181. The maximum atomic E-state index is 6.16. The van der Waals surface area contributed by atoms with Crippen molar-refractivity contribution in [2.24, 2.45) is 0 Å². The van der Waals surface area contributed by atoms with Gasteiger partial charge in [-0.1, -0.05) is 43.1 Å². The Balaban J connectivity index is 1.85. The normalized spacial score (nSPS) is 11.9. The van der Waals surface area contributed by atoms with Crippen LogP contribution in [0.1, 0.15) is 25.1 Å². The van der Waals surface area contributed by atoms with Crippen LogP contribution in [0, 0.1) is 0 Å². The first kappa shape index (κ1) is 17.9. The van der Waals surface area contributed by atoms with E-state index in [1.807, 2.05) is 24.3 Å². The molecule has 3 aromatic rings. The lowest BCUT2D eigenvalue weighted by atomic mass is 9.84. The number of nitrogens with one attached hydrogen (secondary N) is 1. The predicted molar refractivity (Wildman–Crippen MR) is 99.5 cm³/mol. The van der Waals surface area contributed by atoms with Gasteiger partial charge in [-0.2, -0.15) is 14.6 Å². The largest absolute Gasteiger partial charge is 0.378 e. The third-order valence-corrected chi connectivity index (χ3v) is 4.75. The van der Waals surface area contributed by atoms with Gasteiger partial charge in [0.15, 0.2) is 0 Å². The van der Waals surface area contributed by atoms with E-state index in [4.69, 9.17) is 27.9 Å². The minimum absolute atomic E-state index is 0.175. The molecule has 25 heavy (non-hydrogen) atoms. The van der Waals surface area contributed by atoms with Crippen molar-refractivity contribution < 1.29 is 4.74 Å². The highest BCUT2D eigenvalue weighted by Gasteiger charge is 2.22. The van der Waals surface area contributed by atoms with Crippen molar-refractivity contribution in [3.63, 3.8) is 0 Å². The highest BCUT2D eigenvalue weighted by atomic mass is 35.5. The van der Waals surface area contributed by atoms with Crippen LogP contribution >= 0.6 is 23.2 Å². The second-order valence-electron chi connectivity index (χ2n) is 6.40. The molecule has 8 heteroatoms. The SMILES string of the molecule is COCc1cc(NCC(C)(C)c2ccc(Cl)c(Cl)c2)n2ncnc2n1. The van der Waals surface area contributed by atoms with Crippen molar-refractivity contribution >= 4 is 34.8 Å². The molecule has 3 rings (SSSR count). The van der Waals surface area contributed by atoms with E-state index in [0.29, 0.717) is 29.0 Å². The minimum atomic E-state index is -0.175. The second kappa shape index (κ2) is 7.15. The predicted octanol–water partition coefficient (Wildman–Crippen LogP) is 3.97. The van der Waals surface area contributed by atoms with E-state index in [0.717, 1.165) is 17.1 Å². The Morgan fingerprint density at radius 2 is 2.00 bits per heavy atom. The zero-order chi connectivity index (χ0) is 18.0. The highest BCUT2D eigenvalue weighted by Crippen LogP contribution is 2.30. The number of aromatic nitrogens is 4. The van der Waals surface area contributed by atoms with Gasteiger partial charge < -0.3 is 10.1 Å². The van der Waals surface area contributed by atoms with Gasteiger partial charge in [-0.25, -0.2) is 4.98 Å². The van der Waals surface area contributed by atoms with Crippen LogP contribution in [0.4, 0.5) is 5.82 Å². The molecule has 0 spiro atoms. The number of nitrogens with zero attached hydrogens (tertiary/aromatic N) is 4. The zero-order valence-electron chi connectivity index (χ0n) is 14.3. The Hall–Kier alpha value is -1.89. The molecule has 0 bridgehead atoms. The first-order valence-corrected chi connectivity index (χ1v) is 8.54. The van der Waals surface area contributed by atoms with E-state index < -0.39 is 0 Å². The molecule has 0 aliphatic heterocycles. The molecule has 0 aliphatic rings. The molecule has 2 aromatic heterocycles. The third kappa shape index (κ3) is 3.86. The van der Waals surface area contributed by atoms with E-state index in [2.05, 4.69) is 34.2 Å². The van der Waals surface area contributed by atoms with Crippen molar-refractivity contribution in [3.05, 3.63) is 51.9 Å². The van der Waals surface area contributed by atoms with Crippen molar-refractivity contribution in [2.75, 3.05) is 19.0 Å². The van der Waals surface area contributed by atoms with Gasteiger partial charge in [0.05, 0.1) is 22.3 Å². The summed E-state index contributed by atoms with van der Waals surface area (Å²) in [5.41, 5.74) is 1.71. The quantitative estimate of drug-likeness (QED) is 0.701. The van der Waals surface area contributed by atoms with E-state index in [-0.39, 0.29) is 5.41 Å². The van der Waals surface area contributed by atoms with Crippen molar-refractivity contribution in [2.45, 2.75) is 25.9 Å². The van der Waals surface area contributed by atoms with Crippen LogP contribution in [0.15, 0.2) is 30.6 Å². The van der Waals surface area contributed by atoms with E-state index in [9.17, 15) is 0 Å². The Bertz CT molecular complexity index is 894. The van der Waals surface area contributed by atoms with Gasteiger partial charge in [0, 0.05) is 25.1 Å². The molecule has 0 saturated heterocycles. The van der Waals surface area contributed by atoms with E-state index >= 15 is 0 Å². The fourth-order valence-electron chi connectivity index (χ4n) is 2.54. The lowest BCUT2D eigenvalue weighted by Gasteiger charge is -2.26. The summed E-state index contributed by atoms with van der Waals surface area (Å²) in [7, 11) is 1.64. The van der Waals surface area contributed by atoms with Gasteiger partial charge in [0.2, 0.25) is 0 Å². The molecule has 0 unspecified atom stereocenters. The Morgan fingerprint density at radius 1 is 1.20 bits per heavy atom. The summed E-state index contributed by atoms with van der Waals surface area (Å²) < 4.78 is 6.84. The molecular weight excluding hydrogens is 361 g/mol. The Kier molecular flexibility index (Phi) is 5.13. The summed E-state index contributed by atoms with van der Waals surface area (Å²) in [6, 6.07) is 7.62. The van der Waals surface area contributed by atoms with Crippen LogP contribution in [0.2, 0.25) is 10.0 Å². The molecule has 0 saturated carbocycles. The fraction of sp³-hybridized carbons (Fsp3) is 0.353. The van der Waals surface area contributed by atoms with Crippen LogP contribution in [0.25, 0.3) is 5.78 Å². The molecule has 0 atom stereocenters. The summed E-state index contributed by atoms with van der Waals surface area (Å²) in [4.78, 5) is 8.56. The zero-order valence-corrected chi connectivity index (χ0v) is 15.8. The van der Waals surface area contributed by atoms with E-state index in [1.54, 1.807) is 11.6 Å². The van der Waals surface area contributed by atoms with Gasteiger partial charge in [0.25, 0.3) is 5.78 Å². The second-order valence-corrected chi connectivity index (χ2v) is 7.22. The number of halogens is 2. The summed E-state index contributed by atoms with van der Waals surface area (Å²) in [6.07, 6.45) is 1.48. The monoisotopic (exact) mass is 379 g/mol. The summed E-state index contributed by atoms with van der Waals surface area (Å²) in [5.74, 6) is 1.34. The fourth-order valence-corrected chi connectivity index (χ4v) is 2.84. The molecule has 1 aromatic carbocycles. The van der Waals surface area contributed by atoms with Gasteiger partial charge in [0.1, 0.15) is 12.1 Å². The molecular formula is C17H19Cl2N5O. The van der Waals surface area contributed by atoms with Crippen LogP contribution in [-0.4, -0.2) is 33.2 Å². The topological polar surface area (TPSA) is 64.3 Å². The van der Waals surface area contributed by atoms with Crippen molar-refractivity contribution in [1.29, 1.82) is 0 Å². The van der Waals surface area contributed by atoms with Gasteiger partial charge in [-0.3, -0.25) is 0 Å². The number of ether oxygens (including phenoxy) is 1. The number of anilines is 1. The lowest BCUT2D eigenvalue weighted by Crippen LogP contribution is -2.28. The minimum Gasteiger partial charge on any atom is -0.378 e. The van der Waals surface area contributed by atoms with Crippen LogP contribution in [0.5, 0.6) is 0 Å². The maximum absolute atomic E-state index is 6.16. The third-order valence-electron chi connectivity index (χ3n) is 4.01. The summed E-state index contributed by atoms with van der Waals surface area (Å²) in [5, 5.41) is 8.76. The Morgan fingerprint density at radius 3 is 2.72 bits per heavy atom. The summed E-state index contributed by atoms with van der Waals surface area (Å²) in [6.45, 7) is 5.34. The van der Waals surface area contributed by atoms with Gasteiger partial charge >= 0.3 is 0 Å². The van der Waals surface area contributed by atoms with E-state index in [1.165, 1.54) is 6.33 Å². The molecule has 0 aliphatic carbocycles. The first-order chi connectivity index (χ1) is 11.9. The maximum Gasteiger partial charge on any atom is 0.254 e. The molecule has 132 valence electrons. The smallest absolute Gasteiger partial charge is 0.254 e. The van der Waals surface area contributed by atoms with Crippen LogP contribution in [0.3, 0.4) is 0 Å². The molecule has 6 nitrogen and oxygen atoms in total. The number of methoxy groups -OCH3 is 1. The van der Waals surface area contributed by atoms with Gasteiger partial charge in [-0.15, -0.1) is 0 Å². The molecule has 2 heterocycles. The standard InChI is InChI=1S/C17H19Cl2N5O/c1-17(2,11-4-5-13(18)14(19)6-11)9-20-15-7-12(8-25-3)23-16-21-10-22-24(15)16/h4-7,10,20H,8-9H2,1-3H3. The molecule has 0 amide bonds.